The number of carbonyl (C=O) groups is 2. The SMILES string of the molecule is O=C(CCCCCCCCC(=O)NC(CO)CO)NC(CO)CO. The average molecular weight is 348 g/mol. The number of aliphatic hydroxyl groups is 4. The number of amides is 2. The maximum Gasteiger partial charge on any atom is 0.220 e. The molecule has 0 rings (SSSR count). The van der Waals surface area contributed by atoms with Crippen molar-refractivity contribution in [3.8, 4) is 0 Å². The second kappa shape index (κ2) is 15.3. The molecule has 0 aromatic carbocycles. The molecule has 0 atom stereocenters. The number of carbonyl (C=O) groups excluding carboxylic acids is 2. The number of hydrogen-bond acceptors (Lipinski definition) is 6. The maximum absolute atomic E-state index is 11.5. The molecule has 0 spiro atoms. The Hall–Kier alpha value is -1.22. The van der Waals surface area contributed by atoms with Crippen LogP contribution >= 0.6 is 0 Å². The minimum atomic E-state index is -0.583. The van der Waals surface area contributed by atoms with E-state index in [0.717, 1.165) is 38.5 Å². The third-order valence-electron chi connectivity index (χ3n) is 3.67. The number of aliphatic hydroxyl groups excluding tert-OH is 4. The summed E-state index contributed by atoms with van der Waals surface area (Å²) < 4.78 is 0. The lowest BCUT2D eigenvalue weighted by molar-refractivity contribution is -0.123. The van der Waals surface area contributed by atoms with Crippen LogP contribution in [0.15, 0.2) is 0 Å². The molecule has 0 bridgehead atoms. The lowest BCUT2D eigenvalue weighted by Gasteiger charge is -2.13. The molecule has 0 aliphatic carbocycles. The monoisotopic (exact) mass is 348 g/mol. The first kappa shape index (κ1) is 22.8. The van der Waals surface area contributed by atoms with Gasteiger partial charge in [-0.05, 0) is 12.8 Å². The molecular formula is C16H32N2O6. The summed E-state index contributed by atoms with van der Waals surface area (Å²) in [5.74, 6) is -0.329. The van der Waals surface area contributed by atoms with E-state index in [1.54, 1.807) is 0 Å². The van der Waals surface area contributed by atoms with Crippen LogP contribution in [0.2, 0.25) is 0 Å². The van der Waals surface area contributed by atoms with E-state index in [1.807, 2.05) is 0 Å². The summed E-state index contributed by atoms with van der Waals surface area (Å²) in [6.45, 7) is -1.08. The fourth-order valence-corrected chi connectivity index (χ4v) is 2.18. The minimum absolute atomic E-state index is 0.165. The molecule has 6 N–H and O–H groups in total. The van der Waals surface area contributed by atoms with Crippen molar-refractivity contribution in [1.82, 2.24) is 10.6 Å². The fourth-order valence-electron chi connectivity index (χ4n) is 2.18. The van der Waals surface area contributed by atoms with Crippen molar-refractivity contribution in [2.24, 2.45) is 0 Å². The Balaban J connectivity index is 3.48. The van der Waals surface area contributed by atoms with Gasteiger partial charge < -0.3 is 31.1 Å². The quantitative estimate of drug-likeness (QED) is 0.211. The smallest absolute Gasteiger partial charge is 0.220 e. The van der Waals surface area contributed by atoms with Gasteiger partial charge in [-0.1, -0.05) is 25.7 Å². The number of unbranched alkanes of at least 4 members (excludes halogenated alkanes) is 5. The topological polar surface area (TPSA) is 139 Å². The van der Waals surface area contributed by atoms with Crippen molar-refractivity contribution in [2.75, 3.05) is 26.4 Å². The van der Waals surface area contributed by atoms with Crippen LogP contribution in [0.3, 0.4) is 0 Å². The third-order valence-corrected chi connectivity index (χ3v) is 3.67. The largest absolute Gasteiger partial charge is 0.394 e. The van der Waals surface area contributed by atoms with Crippen LogP contribution < -0.4 is 10.6 Å². The molecule has 0 heterocycles. The summed E-state index contributed by atoms with van der Waals surface area (Å²) >= 11 is 0. The van der Waals surface area contributed by atoms with Gasteiger partial charge in [0, 0.05) is 12.8 Å². The molecule has 0 radical (unpaired) electrons. The Kier molecular flexibility index (Phi) is 14.5. The maximum atomic E-state index is 11.5. The van der Waals surface area contributed by atoms with E-state index in [9.17, 15) is 9.59 Å². The number of hydrogen-bond donors (Lipinski definition) is 6. The molecule has 0 aliphatic heterocycles. The Morgan fingerprint density at radius 1 is 0.583 bits per heavy atom. The first-order valence-corrected chi connectivity index (χ1v) is 8.59. The molecule has 0 aromatic heterocycles. The summed E-state index contributed by atoms with van der Waals surface area (Å²) in [4.78, 5) is 23.0. The molecular weight excluding hydrogens is 316 g/mol. The molecule has 0 saturated carbocycles. The van der Waals surface area contributed by atoms with Crippen LogP contribution in [0.4, 0.5) is 0 Å². The molecule has 8 heteroatoms. The Morgan fingerprint density at radius 3 is 1.17 bits per heavy atom. The fraction of sp³-hybridized carbons (Fsp3) is 0.875. The molecule has 2 amide bonds. The van der Waals surface area contributed by atoms with Gasteiger partial charge in [0.25, 0.3) is 0 Å². The highest BCUT2D eigenvalue weighted by molar-refractivity contribution is 5.76. The normalized spacial score (nSPS) is 11.1. The van der Waals surface area contributed by atoms with Crippen LogP contribution in [0, 0.1) is 0 Å². The molecule has 0 aliphatic rings. The molecule has 0 saturated heterocycles. The van der Waals surface area contributed by atoms with Gasteiger partial charge in [-0.25, -0.2) is 0 Å². The molecule has 0 unspecified atom stereocenters. The van der Waals surface area contributed by atoms with Gasteiger partial charge in [0.15, 0.2) is 0 Å². The zero-order valence-electron chi connectivity index (χ0n) is 14.2. The van der Waals surface area contributed by atoms with Crippen molar-refractivity contribution in [3.05, 3.63) is 0 Å². The number of nitrogens with one attached hydrogen (secondary N) is 2. The first-order chi connectivity index (χ1) is 11.6. The average Bonchev–Trinajstić information content (AvgIpc) is 2.59. The van der Waals surface area contributed by atoms with Crippen LogP contribution in [0.25, 0.3) is 0 Å². The molecule has 0 fully saturated rings. The Bertz CT molecular complexity index is 301. The minimum Gasteiger partial charge on any atom is -0.394 e. The van der Waals surface area contributed by atoms with Crippen molar-refractivity contribution in [2.45, 2.75) is 63.5 Å². The van der Waals surface area contributed by atoms with E-state index < -0.39 is 12.1 Å². The third kappa shape index (κ3) is 12.2. The van der Waals surface area contributed by atoms with Crippen molar-refractivity contribution < 1.29 is 30.0 Å². The Morgan fingerprint density at radius 2 is 0.875 bits per heavy atom. The second-order valence-electron chi connectivity index (χ2n) is 5.88. The van der Waals surface area contributed by atoms with Gasteiger partial charge in [-0.2, -0.15) is 0 Å². The summed E-state index contributed by atoms with van der Waals surface area (Å²) in [5.41, 5.74) is 0. The van der Waals surface area contributed by atoms with Crippen molar-refractivity contribution in [3.63, 3.8) is 0 Å². The van der Waals surface area contributed by atoms with Gasteiger partial charge in [0.2, 0.25) is 11.8 Å². The van der Waals surface area contributed by atoms with E-state index in [4.69, 9.17) is 20.4 Å². The zero-order valence-corrected chi connectivity index (χ0v) is 14.2. The molecule has 24 heavy (non-hydrogen) atoms. The highest BCUT2D eigenvalue weighted by Gasteiger charge is 2.10. The predicted molar refractivity (Wildman–Crippen MR) is 89.1 cm³/mol. The summed E-state index contributed by atoms with van der Waals surface area (Å²) in [7, 11) is 0. The van der Waals surface area contributed by atoms with Crippen LogP contribution in [-0.2, 0) is 9.59 Å². The van der Waals surface area contributed by atoms with Gasteiger partial charge in [0.1, 0.15) is 0 Å². The predicted octanol–water partition coefficient (Wildman–Crippen LogP) is -0.954. The Labute approximate surface area is 143 Å². The highest BCUT2D eigenvalue weighted by Crippen LogP contribution is 2.08. The first-order valence-electron chi connectivity index (χ1n) is 8.59. The van der Waals surface area contributed by atoms with Gasteiger partial charge >= 0.3 is 0 Å². The second-order valence-corrected chi connectivity index (χ2v) is 5.88. The summed E-state index contributed by atoms with van der Waals surface area (Å²) in [6, 6.07) is -1.17. The van der Waals surface area contributed by atoms with Crippen molar-refractivity contribution >= 4 is 11.8 Å². The molecule has 8 nitrogen and oxygen atoms in total. The summed E-state index contributed by atoms with van der Waals surface area (Å²) in [6.07, 6.45) is 6.06. The van der Waals surface area contributed by atoms with Gasteiger partial charge in [-0.3, -0.25) is 9.59 Å². The van der Waals surface area contributed by atoms with E-state index in [2.05, 4.69) is 10.6 Å². The lowest BCUT2D eigenvalue weighted by Crippen LogP contribution is -2.39. The lowest BCUT2D eigenvalue weighted by atomic mass is 10.1. The van der Waals surface area contributed by atoms with Crippen LogP contribution in [0.1, 0.15) is 51.4 Å². The zero-order chi connectivity index (χ0) is 18.2. The highest BCUT2D eigenvalue weighted by atomic mass is 16.3. The van der Waals surface area contributed by atoms with E-state index in [0.29, 0.717) is 12.8 Å². The molecule has 0 aromatic rings. The van der Waals surface area contributed by atoms with Crippen LogP contribution in [0.5, 0.6) is 0 Å². The number of rotatable bonds is 15. The van der Waals surface area contributed by atoms with Crippen molar-refractivity contribution in [1.29, 1.82) is 0 Å². The van der Waals surface area contributed by atoms with Gasteiger partial charge in [-0.15, -0.1) is 0 Å². The van der Waals surface area contributed by atoms with E-state index in [-0.39, 0.29) is 38.2 Å². The van der Waals surface area contributed by atoms with Gasteiger partial charge in [0.05, 0.1) is 38.5 Å². The van der Waals surface area contributed by atoms with E-state index in [1.165, 1.54) is 0 Å². The van der Waals surface area contributed by atoms with E-state index >= 15 is 0 Å². The van der Waals surface area contributed by atoms with Crippen LogP contribution in [-0.4, -0.2) is 70.8 Å². The summed E-state index contributed by atoms with van der Waals surface area (Å²) in [5, 5.41) is 40.5. The molecule has 142 valence electrons. The standard InChI is InChI=1S/C16H32N2O6/c19-9-13(10-20)17-15(23)7-5-3-1-2-4-6-8-16(24)18-14(11-21)12-22/h13-14,19-22H,1-12H2,(H,17,23)(H,18,24).